The molecule has 0 fully saturated rings. The number of rotatable bonds is 35. The summed E-state index contributed by atoms with van der Waals surface area (Å²) >= 11 is 0. The van der Waals surface area contributed by atoms with E-state index in [1.54, 1.807) is 0 Å². The number of unbranched alkanes of at least 4 members (excludes halogenated alkanes) is 19. The summed E-state index contributed by atoms with van der Waals surface area (Å²) in [6.45, 7) is 4.42. The van der Waals surface area contributed by atoms with Gasteiger partial charge in [0.15, 0.2) is 6.10 Å². The number of esters is 2. The van der Waals surface area contributed by atoms with Crippen LogP contribution in [0.3, 0.4) is 0 Å². The Morgan fingerprint density at radius 2 is 1.09 bits per heavy atom. The number of phosphoric ester groups is 1. The van der Waals surface area contributed by atoms with E-state index in [2.05, 4.69) is 26.0 Å². The molecule has 9 nitrogen and oxygen atoms in total. The van der Waals surface area contributed by atoms with Gasteiger partial charge >= 0.3 is 19.8 Å². The van der Waals surface area contributed by atoms with Gasteiger partial charge in [-0.3, -0.25) is 18.6 Å². The van der Waals surface area contributed by atoms with Crippen LogP contribution in [0.25, 0.3) is 0 Å². The maximum absolute atomic E-state index is 12.6. The summed E-state index contributed by atoms with van der Waals surface area (Å²) in [5.41, 5.74) is 0. The minimum absolute atomic E-state index is 0.0459. The van der Waals surface area contributed by atoms with E-state index >= 15 is 0 Å². The number of nitrogens with one attached hydrogen (secondary N) is 1. The molecule has 2 N–H and O–H groups in total. The van der Waals surface area contributed by atoms with Crippen molar-refractivity contribution in [1.82, 2.24) is 0 Å². The van der Waals surface area contributed by atoms with Gasteiger partial charge in [0.2, 0.25) is 0 Å². The zero-order valence-corrected chi connectivity index (χ0v) is 31.7. The molecule has 0 bridgehead atoms. The highest BCUT2D eigenvalue weighted by Crippen LogP contribution is 2.43. The maximum atomic E-state index is 12.6. The third-order valence-corrected chi connectivity index (χ3v) is 9.12. The maximum Gasteiger partial charge on any atom is 0.472 e. The predicted molar refractivity (Wildman–Crippen MR) is 192 cm³/mol. The van der Waals surface area contributed by atoms with Crippen molar-refractivity contribution < 1.29 is 42.5 Å². The first kappa shape index (κ1) is 45.8. The minimum atomic E-state index is -4.33. The Balaban J connectivity index is 4.37. The van der Waals surface area contributed by atoms with E-state index < -0.39 is 26.5 Å². The SMILES string of the molecule is CCCCCC/C=C\CCCCCCCC(=O)OC[C@H](COP(=O)(O)OCC[NH+](C)C)OC(=O)CCCCCCCCCCCCC. The number of allylic oxidation sites excluding steroid dienone is 2. The van der Waals surface area contributed by atoms with Crippen molar-refractivity contribution in [2.75, 3.05) is 40.5 Å². The van der Waals surface area contributed by atoms with E-state index in [0.717, 1.165) is 56.3 Å². The Morgan fingerprint density at radius 3 is 1.60 bits per heavy atom. The van der Waals surface area contributed by atoms with Crippen LogP contribution in [0.5, 0.6) is 0 Å². The zero-order chi connectivity index (χ0) is 34.9. The van der Waals surface area contributed by atoms with Crippen LogP contribution < -0.4 is 4.90 Å². The van der Waals surface area contributed by atoms with E-state index in [1.807, 2.05) is 14.1 Å². The Morgan fingerprint density at radius 1 is 0.638 bits per heavy atom. The Bertz CT molecular complexity index is 807. The third kappa shape index (κ3) is 34.4. The van der Waals surface area contributed by atoms with Crippen LogP contribution in [0.1, 0.15) is 168 Å². The fraction of sp³-hybridized carbons (Fsp3) is 0.892. The van der Waals surface area contributed by atoms with E-state index in [0.29, 0.717) is 13.0 Å². The van der Waals surface area contributed by atoms with Crippen molar-refractivity contribution in [3.8, 4) is 0 Å². The van der Waals surface area contributed by atoms with Gasteiger partial charge in [-0.05, 0) is 38.5 Å². The molecule has 0 radical (unpaired) electrons. The van der Waals surface area contributed by atoms with Gasteiger partial charge in [-0.1, -0.05) is 129 Å². The molecule has 10 heteroatoms. The molecule has 0 aromatic heterocycles. The summed E-state index contributed by atoms with van der Waals surface area (Å²) < 4.78 is 33.3. The topological polar surface area (TPSA) is 113 Å². The molecular weight excluding hydrogens is 617 g/mol. The van der Waals surface area contributed by atoms with Gasteiger partial charge in [-0.2, -0.15) is 0 Å². The number of carbonyl (C=O) groups is 2. The number of carbonyl (C=O) groups excluding carboxylic acids is 2. The van der Waals surface area contributed by atoms with Crippen molar-refractivity contribution in [3.63, 3.8) is 0 Å². The second-order valence-electron chi connectivity index (χ2n) is 13.3. The smallest absolute Gasteiger partial charge is 0.462 e. The molecule has 0 spiro atoms. The lowest BCUT2D eigenvalue weighted by molar-refractivity contribution is -0.858. The summed E-state index contributed by atoms with van der Waals surface area (Å²) in [5, 5.41) is 0. The highest BCUT2D eigenvalue weighted by molar-refractivity contribution is 7.47. The van der Waals surface area contributed by atoms with Crippen molar-refractivity contribution >= 4 is 19.8 Å². The van der Waals surface area contributed by atoms with E-state index in [-0.39, 0.29) is 32.0 Å². The predicted octanol–water partition coefficient (Wildman–Crippen LogP) is 8.68. The lowest BCUT2D eigenvalue weighted by Crippen LogP contribution is -3.06. The fourth-order valence-electron chi connectivity index (χ4n) is 5.12. The first-order valence-corrected chi connectivity index (χ1v) is 20.6. The van der Waals surface area contributed by atoms with E-state index in [4.69, 9.17) is 18.5 Å². The first-order valence-electron chi connectivity index (χ1n) is 19.1. The van der Waals surface area contributed by atoms with Gasteiger partial charge in [0, 0.05) is 12.8 Å². The van der Waals surface area contributed by atoms with Crippen LogP contribution in [-0.2, 0) is 32.7 Å². The van der Waals surface area contributed by atoms with Crippen LogP contribution in [0.2, 0.25) is 0 Å². The van der Waals surface area contributed by atoms with E-state index in [9.17, 15) is 19.0 Å². The lowest BCUT2D eigenvalue weighted by atomic mass is 10.1. The van der Waals surface area contributed by atoms with Gasteiger partial charge in [0.1, 0.15) is 19.8 Å². The van der Waals surface area contributed by atoms with Gasteiger partial charge < -0.3 is 19.3 Å². The Kier molecular flexibility index (Phi) is 32.4. The fourth-order valence-corrected chi connectivity index (χ4v) is 5.87. The summed E-state index contributed by atoms with van der Waals surface area (Å²) in [6.07, 6.45) is 29.7. The van der Waals surface area contributed by atoms with Crippen LogP contribution in [0.15, 0.2) is 12.2 Å². The molecule has 0 aromatic carbocycles. The largest absolute Gasteiger partial charge is 0.472 e. The molecular formula is C37H73NO8P+. The first-order chi connectivity index (χ1) is 22.7. The Hall–Kier alpha value is -1.25. The number of ether oxygens (including phenoxy) is 2. The van der Waals surface area contributed by atoms with Crippen molar-refractivity contribution in [3.05, 3.63) is 12.2 Å². The Labute approximate surface area is 288 Å². The molecule has 0 saturated carbocycles. The number of hydrogen-bond acceptors (Lipinski definition) is 7. The number of quaternary nitrogens is 1. The normalized spacial score (nSPS) is 13.7. The van der Waals surface area contributed by atoms with Crippen LogP contribution in [0, 0.1) is 0 Å². The lowest BCUT2D eigenvalue weighted by Gasteiger charge is -2.20. The van der Waals surface area contributed by atoms with Crippen LogP contribution >= 0.6 is 7.82 Å². The van der Waals surface area contributed by atoms with Gasteiger partial charge in [-0.25, -0.2) is 4.57 Å². The van der Waals surface area contributed by atoms with Crippen molar-refractivity contribution in [2.45, 2.75) is 174 Å². The molecule has 0 aromatic rings. The van der Waals surface area contributed by atoms with Crippen LogP contribution in [-0.4, -0.2) is 63.4 Å². The average molecular weight is 691 g/mol. The summed E-state index contributed by atoms with van der Waals surface area (Å²) in [4.78, 5) is 36.0. The number of phosphoric acid groups is 1. The van der Waals surface area contributed by atoms with Crippen molar-refractivity contribution in [2.24, 2.45) is 0 Å². The van der Waals surface area contributed by atoms with Gasteiger partial charge in [0.25, 0.3) is 0 Å². The quantitative estimate of drug-likeness (QED) is 0.0294. The summed E-state index contributed by atoms with van der Waals surface area (Å²) in [6, 6.07) is 0. The second-order valence-corrected chi connectivity index (χ2v) is 14.7. The molecule has 0 saturated heterocycles. The minimum Gasteiger partial charge on any atom is -0.462 e. The molecule has 2 atom stereocenters. The highest BCUT2D eigenvalue weighted by Gasteiger charge is 2.26. The van der Waals surface area contributed by atoms with Gasteiger partial charge in [0.05, 0.1) is 20.7 Å². The third-order valence-electron chi connectivity index (χ3n) is 8.14. The van der Waals surface area contributed by atoms with E-state index in [1.165, 1.54) is 83.5 Å². The average Bonchev–Trinajstić information content (AvgIpc) is 3.03. The standard InChI is InChI=1S/C37H72NO8P/c1-5-7-9-11-13-15-17-18-20-21-23-25-27-29-36(39)43-33-35(34-45-47(41,42)44-32-31-38(3)4)46-37(40)30-28-26-24-22-19-16-14-12-10-8-6-2/h15,17,35H,5-14,16,18-34H2,1-4H3,(H,41,42)/p+1/b17-15-/t35-/m1/s1. The molecule has 47 heavy (non-hydrogen) atoms. The molecule has 1 unspecified atom stereocenters. The molecule has 0 aliphatic rings. The molecule has 278 valence electrons. The zero-order valence-electron chi connectivity index (χ0n) is 30.8. The monoisotopic (exact) mass is 691 g/mol. The van der Waals surface area contributed by atoms with Gasteiger partial charge in [-0.15, -0.1) is 0 Å². The molecule has 0 aliphatic carbocycles. The highest BCUT2D eigenvalue weighted by atomic mass is 31.2. The second kappa shape index (κ2) is 33.3. The number of likely N-dealkylation sites (N-methyl/N-ethyl adjacent to an activating group) is 1. The molecule has 0 aliphatic heterocycles. The molecule has 0 rings (SSSR count). The summed E-state index contributed by atoms with van der Waals surface area (Å²) in [5.74, 6) is -0.804. The van der Waals surface area contributed by atoms with Crippen LogP contribution in [0.4, 0.5) is 0 Å². The van der Waals surface area contributed by atoms with Crippen molar-refractivity contribution in [1.29, 1.82) is 0 Å². The molecule has 0 heterocycles. The summed E-state index contributed by atoms with van der Waals surface area (Å²) in [7, 11) is -0.526. The molecule has 0 amide bonds. The number of hydrogen-bond donors (Lipinski definition) is 2.